The molecule has 2 atom stereocenters. The smallest absolute Gasteiger partial charge is 0.329 e. The normalized spacial score (nSPS) is 12.8. The van der Waals surface area contributed by atoms with Crippen molar-refractivity contribution in [2.75, 3.05) is 26.2 Å². The molecule has 0 N–H and O–H groups in total. The van der Waals surface area contributed by atoms with Crippen LogP contribution < -0.4 is 4.90 Å². The van der Waals surface area contributed by atoms with Crippen LogP contribution in [0, 0.1) is 0 Å². The van der Waals surface area contributed by atoms with Crippen LogP contribution in [0.1, 0.15) is 11.5 Å². The molecule has 2 unspecified atom stereocenters. The zero-order chi connectivity index (χ0) is 18.4. The number of halogens is 1. The van der Waals surface area contributed by atoms with Crippen LogP contribution in [-0.2, 0) is 19.1 Å². The van der Waals surface area contributed by atoms with Crippen LogP contribution in [0.3, 0.4) is 0 Å². The molecule has 0 amide bonds. The topological polar surface area (TPSA) is 55.8 Å². The highest BCUT2D eigenvalue weighted by molar-refractivity contribution is 6.30. The van der Waals surface area contributed by atoms with E-state index in [4.69, 9.17) is 21.1 Å². The first-order valence-electron chi connectivity index (χ1n) is 7.68. The summed E-state index contributed by atoms with van der Waals surface area (Å²) in [6, 6.07) is 15.1. The minimum atomic E-state index is -0.888. The van der Waals surface area contributed by atoms with Gasteiger partial charge in [0.15, 0.2) is 0 Å². The van der Waals surface area contributed by atoms with Crippen molar-refractivity contribution in [1.29, 1.82) is 0 Å². The number of anilines is 1. The van der Waals surface area contributed by atoms with Gasteiger partial charge in [0, 0.05) is 17.8 Å². The van der Waals surface area contributed by atoms with Crippen molar-refractivity contribution in [2.45, 2.75) is 12.0 Å². The zero-order valence-corrected chi connectivity index (χ0v) is 15.1. The fourth-order valence-corrected chi connectivity index (χ4v) is 2.84. The number of likely N-dealkylation sites (N-methyl/N-ethyl adjacent to an activating group) is 1. The molecule has 0 aliphatic heterocycles. The Bertz CT molecular complexity index is 718. The second kappa shape index (κ2) is 8.53. The summed E-state index contributed by atoms with van der Waals surface area (Å²) < 4.78 is 9.91. The van der Waals surface area contributed by atoms with Gasteiger partial charge >= 0.3 is 11.9 Å². The van der Waals surface area contributed by atoms with Crippen molar-refractivity contribution in [3.8, 4) is 0 Å². The van der Waals surface area contributed by atoms with Crippen molar-refractivity contribution >= 4 is 29.2 Å². The molecule has 0 aliphatic rings. The molecule has 0 bridgehead atoms. The number of carbonyl (C=O) groups is 2. The van der Waals surface area contributed by atoms with Crippen molar-refractivity contribution < 1.29 is 19.1 Å². The molecule has 2 aromatic rings. The van der Waals surface area contributed by atoms with Gasteiger partial charge in [0.1, 0.15) is 12.0 Å². The summed E-state index contributed by atoms with van der Waals surface area (Å²) in [6.07, 6.45) is 0. The minimum Gasteiger partial charge on any atom is -0.468 e. The van der Waals surface area contributed by atoms with E-state index in [1.807, 2.05) is 18.2 Å². The van der Waals surface area contributed by atoms with Crippen LogP contribution in [0.4, 0.5) is 5.69 Å². The number of hydrogen-bond donors (Lipinski definition) is 0. The number of benzene rings is 2. The Kier molecular flexibility index (Phi) is 6.42. The number of nitrogens with zero attached hydrogens (tertiary/aromatic N) is 1. The molecule has 0 aromatic heterocycles. The second-order valence-electron chi connectivity index (χ2n) is 5.47. The number of methoxy groups -OCH3 is 2. The standard InChI is InChI=1S/C19H20ClNO4/c1-21(15-11-9-14(20)10-12-15)17(19(23)25-3)16(18(22)24-2)13-7-5-4-6-8-13/h4-12,16-17H,1-3H3. The highest BCUT2D eigenvalue weighted by atomic mass is 35.5. The fraction of sp³-hybridized carbons (Fsp3) is 0.263. The van der Waals surface area contributed by atoms with Crippen LogP contribution in [0.5, 0.6) is 0 Å². The summed E-state index contributed by atoms with van der Waals surface area (Å²) >= 11 is 5.93. The predicted molar refractivity (Wildman–Crippen MR) is 96.9 cm³/mol. The van der Waals surface area contributed by atoms with Gasteiger partial charge in [0.25, 0.3) is 0 Å². The highest BCUT2D eigenvalue weighted by Crippen LogP contribution is 2.29. The Morgan fingerprint density at radius 1 is 0.920 bits per heavy atom. The number of carbonyl (C=O) groups excluding carboxylic acids is 2. The molecule has 0 saturated heterocycles. The minimum absolute atomic E-state index is 0.512. The lowest BCUT2D eigenvalue weighted by Gasteiger charge is -2.33. The van der Waals surface area contributed by atoms with Crippen molar-refractivity contribution in [1.82, 2.24) is 0 Å². The maximum atomic E-state index is 12.5. The van der Waals surface area contributed by atoms with E-state index in [0.29, 0.717) is 10.6 Å². The summed E-state index contributed by atoms with van der Waals surface area (Å²) in [6.45, 7) is 0. The quantitative estimate of drug-likeness (QED) is 0.739. The van der Waals surface area contributed by atoms with E-state index in [0.717, 1.165) is 5.69 Å². The Balaban J connectivity index is 2.50. The van der Waals surface area contributed by atoms with Crippen LogP contribution in [-0.4, -0.2) is 39.2 Å². The number of hydrogen-bond acceptors (Lipinski definition) is 5. The van der Waals surface area contributed by atoms with Gasteiger partial charge in [-0.2, -0.15) is 0 Å². The van der Waals surface area contributed by atoms with Crippen molar-refractivity contribution in [3.63, 3.8) is 0 Å². The van der Waals surface area contributed by atoms with Gasteiger partial charge in [-0.25, -0.2) is 4.79 Å². The molecule has 0 heterocycles. The number of esters is 2. The Morgan fingerprint density at radius 2 is 1.48 bits per heavy atom. The van der Waals surface area contributed by atoms with Crippen LogP contribution in [0.15, 0.2) is 54.6 Å². The van der Waals surface area contributed by atoms with E-state index in [9.17, 15) is 9.59 Å². The molecule has 0 spiro atoms. The average Bonchev–Trinajstić information content (AvgIpc) is 2.65. The Labute approximate surface area is 152 Å². The SMILES string of the molecule is COC(=O)C(c1ccccc1)C(C(=O)OC)N(C)c1ccc(Cl)cc1. The van der Waals surface area contributed by atoms with Crippen LogP contribution in [0.25, 0.3) is 0 Å². The van der Waals surface area contributed by atoms with Crippen LogP contribution in [0.2, 0.25) is 5.02 Å². The molecular formula is C19H20ClNO4. The number of ether oxygens (including phenoxy) is 2. The molecule has 132 valence electrons. The van der Waals surface area contributed by atoms with E-state index in [-0.39, 0.29) is 0 Å². The van der Waals surface area contributed by atoms with E-state index in [2.05, 4.69) is 0 Å². The summed E-state index contributed by atoms with van der Waals surface area (Å²) in [7, 11) is 4.32. The first-order valence-corrected chi connectivity index (χ1v) is 8.06. The molecule has 6 heteroatoms. The van der Waals surface area contributed by atoms with Gasteiger partial charge in [0.2, 0.25) is 0 Å². The summed E-state index contributed by atoms with van der Waals surface area (Å²) in [5.74, 6) is -1.88. The van der Waals surface area contributed by atoms with Crippen molar-refractivity contribution in [2.24, 2.45) is 0 Å². The molecule has 5 nitrogen and oxygen atoms in total. The van der Waals surface area contributed by atoms with Gasteiger partial charge in [-0.1, -0.05) is 41.9 Å². The molecule has 2 rings (SSSR count). The molecule has 0 aliphatic carbocycles. The third-order valence-electron chi connectivity index (χ3n) is 4.02. The second-order valence-corrected chi connectivity index (χ2v) is 5.90. The first-order chi connectivity index (χ1) is 12.0. The average molecular weight is 362 g/mol. The molecule has 25 heavy (non-hydrogen) atoms. The first kappa shape index (κ1) is 18.8. The van der Waals surface area contributed by atoms with Crippen LogP contribution >= 0.6 is 11.6 Å². The fourth-order valence-electron chi connectivity index (χ4n) is 2.71. The van der Waals surface area contributed by atoms with E-state index >= 15 is 0 Å². The predicted octanol–water partition coefficient (Wildman–Crippen LogP) is 3.27. The summed E-state index contributed by atoms with van der Waals surface area (Å²) in [5.41, 5.74) is 1.40. The van der Waals surface area contributed by atoms with Gasteiger partial charge in [-0.3, -0.25) is 4.79 Å². The highest BCUT2D eigenvalue weighted by Gasteiger charge is 2.39. The molecule has 0 radical (unpaired) electrons. The summed E-state index contributed by atoms with van der Waals surface area (Å²) in [5, 5.41) is 0.583. The lowest BCUT2D eigenvalue weighted by atomic mass is 9.90. The lowest BCUT2D eigenvalue weighted by molar-refractivity contribution is -0.150. The van der Waals surface area contributed by atoms with Gasteiger partial charge in [0.05, 0.1) is 14.2 Å². The molecule has 2 aromatic carbocycles. The maximum absolute atomic E-state index is 12.5. The van der Waals surface area contributed by atoms with E-state index < -0.39 is 23.9 Å². The molecule has 0 saturated carbocycles. The van der Waals surface area contributed by atoms with Gasteiger partial charge in [-0.15, -0.1) is 0 Å². The molecular weight excluding hydrogens is 342 g/mol. The largest absolute Gasteiger partial charge is 0.468 e. The van der Waals surface area contributed by atoms with Gasteiger partial charge < -0.3 is 14.4 Å². The zero-order valence-electron chi connectivity index (χ0n) is 14.3. The van der Waals surface area contributed by atoms with E-state index in [1.165, 1.54) is 14.2 Å². The third kappa shape index (κ3) is 4.31. The Morgan fingerprint density at radius 3 is 2.00 bits per heavy atom. The maximum Gasteiger partial charge on any atom is 0.329 e. The third-order valence-corrected chi connectivity index (χ3v) is 4.28. The lowest BCUT2D eigenvalue weighted by Crippen LogP contribution is -2.47. The van der Waals surface area contributed by atoms with E-state index in [1.54, 1.807) is 48.3 Å². The Hall–Kier alpha value is -2.53. The number of rotatable bonds is 6. The molecule has 0 fully saturated rings. The van der Waals surface area contributed by atoms with Crippen molar-refractivity contribution in [3.05, 3.63) is 65.2 Å². The monoisotopic (exact) mass is 361 g/mol. The summed E-state index contributed by atoms with van der Waals surface area (Å²) in [4.78, 5) is 26.7. The van der Waals surface area contributed by atoms with Gasteiger partial charge in [-0.05, 0) is 29.8 Å².